The van der Waals surface area contributed by atoms with Crippen molar-refractivity contribution in [3.05, 3.63) is 0 Å². The Labute approximate surface area is 135 Å². The molecule has 2 aliphatic heterocycles. The molecule has 0 bridgehead atoms. The highest BCUT2D eigenvalue weighted by Gasteiger charge is 2.51. The molecular weight excluding hydrogens is 336 g/mol. The third-order valence-corrected chi connectivity index (χ3v) is 3.95. The van der Waals surface area contributed by atoms with Crippen LogP contribution in [0.25, 0.3) is 0 Å². The second kappa shape index (κ2) is 7.53. The summed E-state index contributed by atoms with van der Waals surface area (Å²) in [6.45, 7) is -0.721. The molecule has 10 atom stereocenters. The highest BCUT2D eigenvalue weighted by Crippen LogP contribution is 2.28. The highest BCUT2D eigenvalue weighted by molar-refractivity contribution is 5.73. The maximum Gasteiger partial charge on any atom is 0.335 e. The first-order chi connectivity index (χ1) is 11.2. The van der Waals surface area contributed by atoms with Crippen molar-refractivity contribution in [3.8, 4) is 0 Å². The van der Waals surface area contributed by atoms with E-state index in [-0.39, 0.29) is 0 Å². The van der Waals surface area contributed by atoms with Gasteiger partial charge in [0.25, 0.3) is 0 Å². The van der Waals surface area contributed by atoms with E-state index < -0.39 is 74.0 Å². The molecule has 0 radical (unpaired) electrons. The largest absolute Gasteiger partial charge is 0.479 e. The lowest BCUT2D eigenvalue weighted by Crippen LogP contribution is -2.64. The number of carbonyl (C=O) groups is 1. The molecule has 0 aromatic heterocycles. The summed E-state index contributed by atoms with van der Waals surface area (Å²) in [5, 5.41) is 76.4. The lowest BCUT2D eigenvalue weighted by atomic mass is 9.97. The Morgan fingerprint density at radius 3 is 2.04 bits per heavy atom. The predicted molar refractivity (Wildman–Crippen MR) is 69.2 cm³/mol. The third-order valence-electron chi connectivity index (χ3n) is 3.95. The number of hydrogen-bond donors (Lipinski definition) is 8. The fourth-order valence-electron chi connectivity index (χ4n) is 2.54. The van der Waals surface area contributed by atoms with Gasteiger partial charge in [0.05, 0.1) is 6.61 Å². The molecule has 0 aliphatic carbocycles. The van der Waals surface area contributed by atoms with Crippen molar-refractivity contribution in [3.63, 3.8) is 0 Å². The summed E-state index contributed by atoms with van der Waals surface area (Å²) in [7, 11) is 0. The summed E-state index contributed by atoms with van der Waals surface area (Å²) in [5.41, 5.74) is 0. The summed E-state index contributed by atoms with van der Waals surface area (Å²) >= 11 is 0. The smallest absolute Gasteiger partial charge is 0.335 e. The molecule has 12 nitrogen and oxygen atoms in total. The first-order valence-corrected chi connectivity index (χ1v) is 7.07. The number of carboxylic acid groups (broad SMARTS) is 1. The molecule has 1 unspecified atom stereocenters. The Morgan fingerprint density at radius 1 is 0.875 bits per heavy atom. The first-order valence-electron chi connectivity index (χ1n) is 7.07. The first kappa shape index (κ1) is 19.4. The quantitative estimate of drug-likeness (QED) is 0.238. The van der Waals surface area contributed by atoms with E-state index in [1.807, 2.05) is 0 Å². The molecule has 12 heteroatoms. The monoisotopic (exact) mass is 356 g/mol. The topological polar surface area (TPSA) is 207 Å². The standard InChI is InChI=1S/C12H20O12/c13-1-2-3(14)4(15)7(18)12(22-2)24-9-6(17)5(16)8(10(19)20)23-11(9)21/h2-9,11-18,21H,1H2,(H,19,20)/t2-,3+,4+,5+,6+,7-,8+,9-,11?,12+/m1/s1. The minimum atomic E-state index is -1.99. The molecular formula is C12H20O12. The van der Waals surface area contributed by atoms with Crippen LogP contribution in [-0.4, -0.2) is 115 Å². The fraction of sp³-hybridized carbons (Fsp3) is 0.917. The minimum Gasteiger partial charge on any atom is -0.479 e. The molecule has 2 heterocycles. The van der Waals surface area contributed by atoms with Crippen molar-refractivity contribution < 1.29 is 59.9 Å². The molecule has 0 spiro atoms. The van der Waals surface area contributed by atoms with E-state index in [9.17, 15) is 35.4 Å². The van der Waals surface area contributed by atoms with Gasteiger partial charge in [-0.3, -0.25) is 0 Å². The van der Waals surface area contributed by atoms with Crippen LogP contribution in [0.4, 0.5) is 0 Å². The average molecular weight is 356 g/mol. The van der Waals surface area contributed by atoms with Crippen LogP contribution in [0, 0.1) is 0 Å². The van der Waals surface area contributed by atoms with E-state index in [1.165, 1.54) is 0 Å². The van der Waals surface area contributed by atoms with Gasteiger partial charge in [-0.2, -0.15) is 0 Å². The van der Waals surface area contributed by atoms with Gasteiger partial charge in [-0.25, -0.2) is 4.79 Å². The maximum absolute atomic E-state index is 10.9. The molecule has 2 rings (SSSR count). The number of aliphatic carboxylic acids is 1. The van der Waals surface area contributed by atoms with Crippen LogP contribution in [0.3, 0.4) is 0 Å². The van der Waals surface area contributed by atoms with Crippen molar-refractivity contribution in [2.45, 2.75) is 61.4 Å². The van der Waals surface area contributed by atoms with E-state index in [4.69, 9.17) is 19.7 Å². The number of ether oxygens (including phenoxy) is 3. The third kappa shape index (κ3) is 3.52. The molecule has 0 saturated carbocycles. The van der Waals surface area contributed by atoms with Crippen LogP contribution in [0.15, 0.2) is 0 Å². The van der Waals surface area contributed by atoms with Crippen LogP contribution >= 0.6 is 0 Å². The lowest BCUT2D eigenvalue weighted by Gasteiger charge is -2.44. The maximum atomic E-state index is 10.9. The Bertz CT molecular complexity index is 444. The number of aliphatic hydroxyl groups is 7. The van der Waals surface area contributed by atoms with Gasteiger partial charge < -0.3 is 55.1 Å². The highest BCUT2D eigenvalue weighted by atomic mass is 16.7. The number of rotatable bonds is 4. The van der Waals surface area contributed by atoms with Gasteiger partial charge in [-0.1, -0.05) is 0 Å². The van der Waals surface area contributed by atoms with E-state index >= 15 is 0 Å². The summed E-state index contributed by atoms with van der Waals surface area (Å²) in [5.74, 6) is -1.62. The average Bonchev–Trinajstić information content (AvgIpc) is 2.54. The van der Waals surface area contributed by atoms with Gasteiger partial charge in [-0.15, -0.1) is 0 Å². The SMILES string of the molecule is O=C(O)[C@H]1OC(O)[C@H](O[C@@H]2O[C@H](CO)[C@H](O)[C@H](O)[C@H]2O)[C@@H](O)[C@@H]1O. The minimum absolute atomic E-state index is 0.721. The molecule has 0 aromatic rings. The summed E-state index contributed by atoms with van der Waals surface area (Å²) in [6.07, 6.45) is -17.7. The number of aliphatic hydroxyl groups excluding tert-OH is 7. The molecule has 0 aromatic carbocycles. The van der Waals surface area contributed by atoms with Crippen LogP contribution in [0.5, 0.6) is 0 Å². The zero-order valence-electron chi connectivity index (χ0n) is 12.2. The van der Waals surface area contributed by atoms with Gasteiger partial charge in [0.2, 0.25) is 0 Å². The molecule has 140 valence electrons. The number of hydrogen-bond acceptors (Lipinski definition) is 11. The Hall–Kier alpha value is -0.930. The van der Waals surface area contributed by atoms with Gasteiger partial charge in [0.15, 0.2) is 18.7 Å². The summed E-state index contributed by atoms with van der Waals surface area (Å²) in [4.78, 5) is 10.9. The Balaban J connectivity index is 2.10. The van der Waals surface area contributed by atoms with Crippen molar-refractivity contribution in [2.24, 2.45) is 0 Å². The molecule has 2 aliphatic rings. The van der Waals surface area contributed by atoms with Crippen LogP contribution in [0.1, 0.15) is 0 Å². The molecule has 8 N–H and O–H groups in total. The van der Waals surface area contributed by atoms with Crippen molar-refractivity contribution in [1.82, 2.24) is 0 Å². The van der Waals surface area contributed by atoms with Crippen molar-refractivity contribution in [1.29, 1.82) is 0 Å². The Morgan fingerprint density at radius 2 is 1.50 bits per heavy atom. The molecule has 0 amide bonds. The van der Waals surface area contributed by atoms with E-state index in [2.05, 4.69) is 4.74 Å². The normalized spacial score (nSPS) is 49.8. The van der Waals surface area contributed by atoms with Crippen LogP contribution < -0.4 is 0 Å². The number of carboxylic acids is 1. The Kier molecular flexibility index (Phi) is 6.09. The lowest BCUT2D eigenvalue weighted by molar-refractivity contribution is -0.358. The summed E-state index contributed by atoms with van der Waals surface area (Å²) < 4.78 is 14.8. The van der Waals surface area contributed by atoms with Crippen LogP contribution in [-0.2, 0) is 19.0 Å². The van der Waals surface area contributed by atoms with E-state index in [0.717, 1.165) is 0 Å². The second-order valence-corrected chi connectivity index (χ2v) is 5.56. The van der Waals surface area contributed by atoms with Crippen molar-refractivity contribution in [2.75, 3.05) is 6.61 Å². The van der Waals surface area contributed by atoms with Gasteiger partial charge in [0.1, 0.15) is 42.7 Å². The molecule has 24 heavy (non-hydrogen) atoms. The zero-order valence-corrected chi connectivity index (χ0v) is 12.2. The van der Waals surface area contributed by atoms with Crippen molar-refractivity contribution >= 4 is 5.97 Å². The van der Waals surface area contributed by atoms with Gasteiger partial charge in [0, 0.05) is 0 Å². The summed E-state index contributed by atoms with van der Waals surface area (Å²) in [6, 6.07) is 0. The van der Waals surface area contributed by atoms with Crippen LogP contribution in [0.2, 0.25) is 0 Å². The van der Waals surface area contributed by atoms with E-state index in [1.54, 1.807) is 0 Å². The predicted octanol–water partition coefficient (Wildman–Crippen LogP) is -5.30. The fourth-order valence-corrected chi connectivity index (χ4v) is 2.54. The van der Waals surface area contributed by atoms with Gasteiger partial charge in [-0.05, 0) is 0 Å². The van der Waals surface area contributed by atoms with Gasteiger partial charge >= 0.3 is 5.97 Å². The molecule has 2 saturated heterocycles. The molecule has 2 fully saturated rings. The zero-order chi connectivity index (χ0) is 18.2. The van der Waals surface area contributed by atoms with E-state index in [0.29, 0.717) is 0 Å². The second-order valence-electron chi connectivity index (χ2n) is 5.56.